The summed E-state index contributed by atoms with van der Waals surface area (Å²) in [4.78, 5) is 0. The topological polar surface area (TPSA) is 13.1 Å². The minimum atomic E-state index is 0.876. The van der Waals surface area contributed by atoms with Crippen LogP contribution in [-0.4, -0.2) is 0 Å². The molecule has 0 amide bonds. The number of benzene rings is 1. The van der Waals surface area contributed by atoms with E-state index < -0.39 is 0 Å². The highest BCUT2D eigenvalue weighted by atomic mass is 16.3. The van der Waals surface area contributed by atoms with Gasteiger partial charge in [-0.05, 0) is 32.1 Å². The molecule has 0 fully saturated rings. The zero-order valence-electron chi connectivity index (χ0n) is 7.92. The van der Waals surface area contributed by atoms with Gasteiger partial charge in [0.05, 0.1) is 0 Å². The van der Waals surface area contributed by atoms with Crippen LogP contribution in [0, 0.1) is 6.92 Å². The summed E-state index contributed by atoms with van der Waals surface area (Å²) in [5.74, 6) is 0. The number of aryl methyl sites for hydroxylation is 1. The Balaban J connectivity index is 3.03. The van der Waals surface area contributed by atoms with Gasteiger partial charge < -0.3 is 4.42 Å². The van der Waals surface area contributed by atoms with Crippen LogP contribution in [0.4, 0.5) is 0 Å². The molecule has 0 unspecified atom stereocenters. The number of fused-ring (bicyclic) bond motifs is 1. The van der Waals surface area contributed by atoms with E-state index in [2.05, 4.69) is 19.6 Å². The quantitative estimate of drug-likeness (QED) is 0.592. The highest BCUT2D eigenvalue weighted by Crippen LogP contribution is 2.09. The number of rotatable bonds is 0. The van der Waals surface area contributed by atoms with Crippen molar-refractivity contribution < 1.29 is 4.42 Å². The van der Waals surface area contributed by atoms with Gasteiger partial charge in [-0.25, -0.2) is 0 Å². The Morgan fingerprint density at radius 2 is 2.15 bits per heavy atom. The van der Waals surface area contributed by atoms with E-state index in [0.717, 1.165) is 21.6 Å². The molecule has 1 nitrogen and oxygen atoms in total. The molecule has 0 saturated heterocycles. The van der Waals surface area contributed by atoms with Crippen LogP contribution in [0.15, 0.2) is 22.6 Å². The Morgan fingerprint density at radius 3 is 2.85 bits per heavy atom. The molecular formula is C12H12O. The van der Waals surface area contributed by atoms with Crippen molar-refractivity contribution in [1.29, 1.82) is 0 Å². The second-order valence-electron chi connectivity index (χ2n) is 3.23. The molecule has 0 radical (unpaired) electrons. The summed E-state index contributed by atoms with van der Waals surface area (Å²) in [7, 11) is 0. The van der Waals surface area contributed by atoms with Gasteiger partial charge in [0.25, 0.3) is 0 Å². The summed E-state index contributed by atoms with van der Waals surface area (Å²) in [6, 6.07) is 6.14. The van der Waals surface area contributed by atoms with Crippen LogP contribution in [0.1, 0.15) is 12.5 Å². The Bertz CT molecular complexity index is 546. The van der Waals surface area contributed by atoms with Gasteiger partial charge in [-0.1, -0.05) is 18.2 Å². The first-order chi connectivity index (χ1) is 6.22. The van der Waals surface area contributed by atoms with Crippen LogP contribution in [0.2, 0.25) is 0 Å². The highest BCUT2D eigenvalue weighted by Gasteiger charge is 1.99. The minimum absolute atomic E-state index is 0.876. The van der Waals surface area contributed by atoms with Gasteiger partial charge >= 0.3 is 0 Å². The van der Waals surface area contributed by atoms with Gasteiger partial charge in [-0.15, -0.1) is 0 Å². The largest absolute Gasteiger partial charge is 0.456 e. The van der Waals surface area contributed by atoms with Crippen molar-refractivity contribution >= 4 is 23.6 Å². The maximum atomic E-state index is 5.58. The molecule has 2 rings (SSSR count). The van der Waals surface area contributed by atoms with Gasteiger partial charge in [0.2, 0.25) is 0 Å². The van der Waals surface area contributed by atoms with Gasteiger partial charge in [-0.3, -0.25) is 0 Å². The number of furan rings is 1. The van der Waals surface area contributed by atoms with Crippen LogP contribution in [-0.2, 0) is 0 Å². The van der Waals surface area contributed by atoms with E-state index in [1.807, 2.05) is 25.1 Å². The molecule has 0 N–H and O–H groups in total. The number of hydrogen-bond acceptors (Lipinski definition) is 1. The molecule has 0 atom stereocenters. The normalized spacial score (nSPS) is 12.6. The predicted molar refractivity (Wildman–Crippen MR) is 55.9 cm³/mol. The maximum Gasteiger partial charge on any atom is 0.135 e. The molecule has 0 aliphatic carbocycles. The molecule has 66 valence electrons. The fourth-order valence-electron chi connectivity index (χ4n) is 1.51. The average Bonchev–Trinajstić information content (AvgIpc) is 2.44. The summed E-state index contributed by atoms with van der Waals surface area (Å²) >= 11 is 0. The molecule has 2 aromatic rings. The Kier molecular flexibility index (Phi) is 1.73. The summed E-state index contributed by atoms with van der Waals surface area (Å²) < 4.78 is 5.58. The molecule has 0 spiro atoms. The molecule has 0 aliphatic rings. The molecule has 1 heterocycles. The summed E-state index contributed by atoms with van der Waals surface area (Å²) in [5.41, 5.74) is 3.03. The Morgan fingerprint density at radius 1 is 1.38 bits per heavy atom. The smallest absolute Gasteiger partial charge is 0.135 e. The summed E-state index contributed by atoms with van der Waals surface area (Å²) in [5, 5.41) is 2.11. The highest BCUT2D eigenvalue weighted by molar-refractivity contribution is 5.78. The van der Waals surface area contributed by atoms with Crippen molar-refractivity contribution in [2.45, 2.75) is 13.8 Å². The second kappa shape index (κ2) is 2.77. The molecular weight excluding hydrogens is 160 g/mol. The monoisotopic (exact) mass is 172 g/mol. The van der Waals surface area contributed by atoms with E-state index in [1.165, 1.54) is 5.56 Å². The standard InChI is InChI=1S/C12H12O/c1-4-11-9(3)10-7-8(2)5-6-12(10)13-11/h4-7H,3H2,1-2H3/b11-4-. The summed E-state index contributed by atoms with van der Waals surface area (Å²) in [6.45, 7) is 8.02. The third-order valence-corrected chi connectivity index (χ3v) is 2.24. The average molecular weight is 172 g/mol. The molecule has 1 heteroatoms. The Hall–Kier alpha value is -1.50. The van der Waals surface area contributed by atoms with Gasteiger partial charge in [0.1, 0.15) is 11.0 Å². The third kappa shape index (κ3) is 1.17. The molecule has 0 aliphatic heterocycles. The predicted octanol–water partition coefficient (Wildman–Crippen LogP) is 1.95. The summed E-state index contributed by atoms with van der Waals surface area (Å²) in [6.07, 6.45) is 1.94. The molecule has 13 heavy (non-hydrogen) atoms. The zero-order chi connectivity index (χ0) is 9.42. The fourth-order valence-corrected chi connectivity index (χ4v) is 1.51. The van der Waals surface area contributed by atoms with Crippen LogP contribution in [0.25, 0.3) is 23.6 Å². The van der Waals surface area contributed by atoms with Crippen molar-refractivity contribution in [2.24, 2.45) is 0 Å². The first-order valence-electron chi connectivity index (χ1n) is 4.37. The third-order valence-electron chi connectivity index (χ3n) is 2.24. The van der Waals surface area contributed by atoms with E-state index >= 15 is 0 Å². The lowest BCUT2D eigenvalue weighted by Gasteiger charge is -1.89. The SMILES string of the molecule is C=c1/c(=C/C)oc2ccc(C)cc12. The van der Waals surface area contributed by atoms with E-state index in [9.17, 15) is 0 Å². The van der Waals surface area contributed by atoms with Crippen LogP contribution < -0.4 is 10.6 Å². The maximum absolute atomic E-state index is 5.58. The van der Waals surface area contributed by atoms with Gasteiger partial charge in [-0.2, -0.15) is 0 Å². The molecule has 0 saturated carbocycles. The van der Waals surface area contributed by atoms with E-state index in [0.29, 0.717) is 0 Å². The lowest BCUT2D eigenvalue weighted by Crippen LogP contribution is -2.16. The van der Waals surface area contributed by atoms with Crippen molar-refractivity contribution in [1.82, 2.24) is 0 Å². The van der Waals surface area contributed by atoms with Crippen LogP contribution in [0.3, 0.4) is 0 Å². The molecule has 1 aromatic heterocycles. The molecule has 1 aromatic carbocycles. The van der Waals surface area contributed by atoms with Gasteiger partial charge in [0, 0.05) is 10.6 Å². The minimum Gasteiger partial charge on any atom is -0.456 e. The second-order valence-corrected chi connectivity index (χ2v) is 3.23. The van der Waals surface area contributed by atoms with Crippen LogP contribution in [0.5, 0.6) is 0 Å². The van der Waals surface area contributed by atoms with Crippen molar-refractivity contribution in [3.8, 4) is 0 Å². The Labute approximate surface area is 77.0 Å². The van der Waals surface area contributed by atoms with Crippen molar-refractivity contribution in [3.63, 3.8) is 0 Å². The van der Waals surface area contributed by atoms with E-state index in [4.69, 9.17) is 4.42 Å². The number of hydrogen-bond donors (Lipinski definition) is 0. The van der Waals surface area contributed by atoms with E-state index in [-0.39, 0.29) is 0 Å². The van der Waals surface area contributed by atoms with Crippen molar-refractivity contribution in [2.75, 3.05) is 0 Å². The lowest BCUT2D eigenvalue weighted by molar-refractivity contribution is 0.575. The van der Waals surface area contributed by atoms with Crippen LogP contribution >= 0.6 is 0 Å². The zero-order valence-corrected chi connectivity index (χ0v) is 7.92. The van der Waals surface area contributed by atoms with E-state index in [1.54, 1.807) is 0 Å². The lowest BCUT2D eigenvalue weighted by atomic mass is 10.1. The fraction of sp³-hybridized carbons (Fsp3) is 0.167. The molecule has 0 bridgehead atoms. The van der Waals surface area contributed by atoms with Gasteiger partial charge in [0.15, 0.2) is 0 Å². The first-order valence-corrected chi connectivity index (χ1v) is 4.37. The first kappa shape index (κ1) is 8.11. The van der Waals surface area contributed by atoms with Crippen molar-refractivity contribution in [3.05, 3.63) is 34.4 Å².